The van der Waals surface area contributed by atoms with Crippen LogP contribution in [0.15, 0.2) is 28.7 Å². The first-order valence-electron chi connectivity index (χ1n) is 6.32. The minimum Gasteiger partial charge on any atom is -0.476 e. The van der Waals surface area contributed by atoms with Crippen molar-refractivity contribution in [2.24, 2.45) is 0 Å². The Morgan fingerprint density at radius 3 is 2.71 bits per heavy atom. The fourth-order valence-corrected chi connectivity index (χ4v) is 2.42. The van der Waals surface area contributed by atoms with E-state index in [4.69, 9.17) is 33.7 Å². The highest BCUT2D eigenvalue weighted by Crippen LogP contribution is 2.37. The highest BCUT2D eigenvalue weighted by atomic mass is 79.9. The topological polar surface area (TPSA) is 60.2 Å². The zero-order valence-electron chi connectivity index (χ0n) is 11.3. The minimum atomic E-state index is 0.404. The molecule has 0 radical (unpaired) electrons. The molecule has 0 aliphatic rings. The van der Waals surface area contributed by atoms with Gasteiger partial charge in [-0.15, -0.1) is 0 Å². The van der Waals surface area contributed by atoms with E-state index in [9.17, 15) is 0 Å². The van der Waals surface area contributed by atoms with Crippen LogP contribution in [0, 0.1) is 0 Å². The number of ether oxygens (including phenoxy) is 1. The van der Waals surface area contributed by atoms with Crippen LogP contribution in [0.2, 0.25) is 10.0 Å². The van der Waals surface area contributed by atoms with E-state index in [1.54, 1.807) is 12.1 Å². The van der Waals surface area contributed by atoms with Crippen molar-refractivity contribution in [1.29, 1.82) is 0 Å². The van der Waals surface area contributed by atoms with Crippen molar-refractivity contribution in [2.75, 3.05) is 17.7 Å². The highest BCUT2D eigenvalue weighted by molar-refractivity contribution is 9.10. The lowest BCUT2D eigenvalue weighted by Crippen LogP contribution is -2.03. The Labute approximate surface area is 141 Å². The van der Waals surface area contributed by atoms with Gasteiger partial charge in [0.1, 0.15) is 5.82 Å². The summed E-state index contributed by atoms with van der Waals surface area (Å²) in [4.78, 5) is 4.33. The van der Waals surface area contributed by atoms with Crippen molar-refractivity contribution in [3.05, 3.63) is 38.8 Å². The summed E-state index contributed by atoms with van der Waals surface area (Å²) in [6.07, 6.45) is 0.882. The molecule has 0 saturated heterocycles. The van der Waals surface area contributed by atoms with Gasteiger partial charge in [0, 0.05) is 4.47 Å². The van der Waals surface area contributed by atoms with Crippen LogP contribution in [0.4, 0.5) is 17.2 Å². The van der Waals surface area contributed by atoms with Gasteiger partial charge in [-0.25, -0.2) is 0 Å². The van der Waals surface area contributed by atoms with E-state index in [0.717, 1.165) is 10.9 Å². The molecule has 2 aromatic rings. The number of anilines is 3. The van der Waals surface area contributed by atoms with Gasteiger partial charge in [0.2, 0.25) is 5.88 Å². The van der Waals surface area contributed by atoms with Gasteiger partial charge in [-0.2, -0.15) is 4.98 Å². The average molecular weight is 391 g/mol. The summed E-state index contributed by atoms with van der Waals surface area (Å²) in [5.41, 5.74) is 6.98. The minimum absolute atomic E-state index is 0.404. The number of nitrogens with zero attached hydrogens (tertiary/aromatic N) is 1. The molecule has 4 nitrogen and oxygen atoms in total. The summed E-state index contributed by atoms with van der Waals surface area (Å²) < 4.78 is 6.23. The highest BCUT2D eigenvalue weighted by Gasteiger charge is 2.10. The summed E-state index contributed by atoms with van der Waals surface area (Å²) in [7, 11) is 0. The molecule has 0 spiro atoms. The first-order chi connectivity index (χ1) is 10.0. The van der Waals surface area contributed by atoms with Gasteiger partial charge < -0.3 is 15.8 Å². The number of rotatable bonds is 5. The standard InChI is InChI=1S/C14H14BrCl2N3O/c1-2-7-21-14-9(18)4-6-11(20-14)19-10-5-3-8(15)12(16)13(10)17/h3-6H,2,7,18H2,1H3,(H,19,20). The van der Waals surface area contributed by atoms with Gasteiger partial charge in [-0.05, 0) is 46.6 Å². The van der Waals surface area contributed by atoms with Crippen molar-refractivity contribution < 1.29 is 4.74 Å². The van der Waals surface area contributed by atoms with Crippen molar-refractivity contribution in [2.45, 2.75) is 13.3 Å². The second kappa shape index (κ2) is 7.20. The molecule has 21 heavy (non-hydrogen) atoms. The van der Waals surface area contributed by atoms with Gasteiger partial charge in [-0.3, -0.25) is 0 Å². The maximum atomic E-state index is 6.19. The largest absolute Gasteiger partial charge is 0.476 e. The van der Waals surface area contributed by atoms with E-state index in [0.29, 0.717) is 39.7 Å². The first-order valence-corrected chi connectivity index (χ1v) is 7.87. The van der Waals surface area contributed by atoms with Crippen molar-refractivity contribution in [3.63, 3.8) is 0 Å². The number of nitrogens with two attached hydrogens (primary N) is 1. The number of halogens is 3. The third kappa shape index (κ3) is 3.93. The molecule has 0 aliphatic heterocycles. The molecule has 0 bridgehead atoms. The zero-order valence-corrected chi connectivity index (χ0v) is 14.4. The second-order valence-corrected chi connectivity index (χ2v) is 5.90. The molecule has 7 heteroatoms. The quantitative estimate of drug-likeness (QED) is 0.683. The maximum Gasteiger partial charge on any atom is 0.239 e. The average Bonchev–Trinajstić information content (AvgIpc) is 2.48. The summed E-state index contributed by atoms with van der Waals surface area (Å²) in [5.74, 6) is 0.983. The van der Waals surface area contributed by atoms with Gasteiger partial charge in [0.15, 0.2) is 0 Å². The molecule has 3 N–H and O–H groups in total. The fraction of sp³-hybridized carbons (Fsp3) is 0.214. The summed E-state index contributed by atoms with van der Waals surface area (Å²) in [6.45, 7) is 2.58. The fourth-order valence-electron chi connectivity index (χ4n) is 1.60. The van der Waals surface area contributed by atoms with Crippen LogP contribution >= 0.6 is 39.1 Å². The zero-order chi connectivity index (χ0) is 15.4. The lowest BCUT2D eigenvalue weighted by Gasteiger charge is -2.12. The molecule has 0 atom stereocenters. The molecule has 1 aromatic heterocycles. The van der Waals surface area contributed by atoms with Gasteiger partial charge in [-0.1, -0.05) is 30.1 Å². The first kappa shape index (κ1) is 16.2. The van der Waals surface area contributed by atoms with Crippen molar-refractivity contribution in [1.82, 2.24) is 4.98 Å². The van der Waals surface area contributed by atoms with Gasteiger partial charge >= 0.3 is 0 Å². The molecule has 0 unspecified atom stereocenters. The van der Waals surface area contributed by atoms with Crippen LogP contribution in [0.3, 0.4) is 0 Å². The van der Waals surface area contributed by atoms with E-state index in [2.05, 4.69) is 26.2 Å². The van der Waals surface area contributed by atoms with E-state index < -0.39 is 0 Å². The Balaban J connectivity index is 2.26. The maximum absolute atomic E-state index is 6.19. The van der Waals surface area contributed by atoms with Crippen molar-refractivity contribution in [3.8, 4) is 5.88 Å². The predicted molar refractivity (Wildman–Crippen MR) is 91.9 cm³/mol. The van der Waals surface area contributed by atoms with Crippen LogP contribution in [0.1, 0.15) is 13.3 Å². The number of aromatic nitrogens is 1. The monoisotopic (exact) mass is 389 g/mol. The molecule has 0 amide bonds. The number of hydrogen-bond donors (Lipinski definition) is 2. The smallest absolute Gasteiger partial charge is 0.239 e. The number of hydrogen-bond acceptors (Lipinski definition) is 4. The van der Waals surface area contributed by atoms with Gasteiger partial charge in [0.05, 0.1) is 28.0 Å². The molecule has 2 rings (SSSR count). The Morgan fingerprint density at radius 1 is 1.24 bits per heavy atom. The van der Waals surface area contributed by atoms with Crippen LogP contribution in [-0.4, -0.2) is 11.6 Å². The normalized spacial score (nSPS) is 10.5. The number of pyridine rings is 1. The third-order valence-corrected chi connectivity index (χ3v) is 4.40. The molecule has 0 fully saturated rings. The SMILES string of the molecule is CCCOc1nc(Nc2ccc(Br)c(Cl)c2Cl)ccc1N. The molecular formula is C14H14BrCl2N3O. The lowest BCUT2D eigenvalue weighted by atomic mass is 10.3. The van der Waals surface area contributed by atoms with Crippen LogP contribution in [-0.2, 0) is 0 Å². The van der Waals surface area contributed by atoms with Crippen molar-refractivity contribution >= 4 is 56.3 Å². The summed E-state index contributed by atoms with van der Waals surface area (Å²) in [5, 5.41) is 3.96. The Bertz CT molecular complexity index is 652. The molecule has 112 valence electrons. The van der Waals surface area contributed by atoms with E-state index in [-0.39, 0.29) is 0 Å². The van der Waals surface area contributed by atoms with E-state index in [1.165, 1.54) is 0 Å². The molecule has 1 heterocycles. The lowest BCUT2D eigenvalue weighted by molar-refractivity contribution is 0.307. The van der Waals surface area contributed by atoms with Crippen LogP contribution < -0.4 is 15.8 Å². The molecule has 1 aromatic carbocycles. The molecule has 0 saturated carbocycles. The molecule has 0 aliphatic carbocycles. The number of benzene rings is 1. The summed E-state index contributed by atoms with van der Waals surface area (Å²) in [6, 6.07) is 7.10. The Hall–Kier alpha value is -1.17. The van der Waals surface area contributed by atoms with Crippen LogP contribution in [0.25, 0.3) is 0 Å². The van der Waals surface area contributed by atoms with Crippen LogP contribution in [0.5, 0.6) is 5.88 Å². The van der Waals surface area contributed by atoms with E-state index in [1.807, 2.05) is 19.1 Å². The van der Waals surface area contributed by atoms with E-state index >= 15 is 0 Å². The second-order valence-electron chi connectivity index (χ2n) is 4.29. The number of nitrogens with one attached hydrogen (secondary N) is 1. The molecular weight excluding hydrogens is 377 g/mol. The predicted octanol–water partition coefficient (Wildman–Crippen LogP) is 5.27. The Morgan fingerprint density at radius 2 is 2.00 bits per heavy atom. The number of nitrogen functional groups attached to an aromatic ring is 1. The Kier molecular flexibility index (Phi) is 5.56. The summed E-state index contributed by atoms with van der Waals surface area (Å²) >= 11 is 15.6. The van der Waals surface area contributed by atoms with Gasteiger partial charge in [0.25, 0.3) is 0 Å². The third-order valence-electron chi connectivity index (χ3n) is 2.63.